The number of benzene rings is 2. The van der Waals surface area contributed by atoms with Crippen LogP contribution in [-0.4, -0.2) is 0 Å². The van der Waals surface area contributed by atoms with Crippen LogP contribution in [-0.2, 0) is 0 Å². The van der Waals surface area contributed by atoms with Crippen molar-refractivity contribution in [2.45, 2.75) is 29.7 Å². The van der Waals surface area contributed by atoms with Gasteiger partial charge in [-0.1, -0.05) is 41.6 Å². The number of nitrogens with two attached hydrogens (primary N) is 1. The molecule has 0 unspecified atom stereocenters. The monoisotopic (exact) mass is 261 g/mol. The SMILES string of the molecule is Cc1ccc(Sc2c(F)cccc2[C@@H](C)N)cc1. The summed E-state index contributed by atoms with van der Waals surface area (Å²) in [5.41, 5.74) is 7.92. The zero-order valence-electron chi connectivity index (χ0n) is 10.5. The first-order valence-electron chi connectivity index (χ1n) is 5.86. The predicted octanol–water partition coefficient (Wildman–Crippen LogP) is 4.31. The minimum atomic E-state index is -0.213. The average Bonchev–Trinajstić information content (AvgIpc) is 2.34. The smallest absolute Gasteiger partial charge is 0.137 e. The summed E-state index contributed by atoms with van der Waals surface area (Å²) in [7, 11) is 0. The molecule has 0 amide bonds. The molecule has 0 aromatic heterocycles. The van der Waals surface area contributed by atoms with Gasteiger partial charge in [0, 0.05) is 10.9 Å². The molecule has 2 aromatic rings. The van der Waals surface area contributed by atoms with Gasteiger partial charge in [0.05, 0.1) is 4.90 Å². The fourth-order valence-electron chi connectivity index (χ4n) is 1.72. The zero-order chi connectivity index (χ0) is 13.1. The molecule has 0 aliphatic heterocycles. The summed E-state index contributed by atoms with van der Waals surface area (Å²) in [6, 6.07) is 12.9. The van der Waals surface area contributed by atoms with E-state index in [4.69, 9.17) is 5.73 Å². The molecule has 0 fully saturated rings. The lowest BCUT2D eigenvalue weighted by molar-refractivity contribution is 0.591. The van der Waals surface area contributed by atoms with Gasteiger partial charge in [0.25, 0.3) is 0 Å². The van der Waals surface area contributed by atoms with Gasteiger partial charge in [-0.15, -0.1) is 0 Å². The van der Waals surface area contributed by atoms with Gasteiger partial charge >= 0.3 is 0 Å². The van der Waals surface area contributed by atoms with Gasteiger partial charge < -0.3 is 5.73 Å². The molecular weight excluding hydrogens is 245 g/mol. The molecule has 0 saturated carbocycles. The normalized spacial score (nSPS) is 12.4. The molecule has 94 valence electrons. The van der Waals surface area contributed by atoms with Crippen LogP contribution in [0.4, 0.5) is 4.39 Å². The number of aryl methyl sites for hydroxylation is 1. The van der Waals surface area contributed by atoms with Crippen LogP contribution in [0.2, 0.25) is 0 Å². The van der Waals surface area contributed by atoms with Crippen molar-refractivity contribution in [3.8, 4) is 0 Å². The number of hydrogen-bond donors (Lipinski definition) is 1. The number of rotatable bonds is 3. The molecule has 3 heteroatoms. The van der Waals surface area contributed by atoms with Gasteiger partial charge in [-0.05, 0) is 37.6 Å². The summed E-state index contributed by atoms with van der Waals surface area (Å²) in [5, 5.41) is 0. The van der Waals surface area contributed by atoms with Crippen LogP contribution in [0, 0.1) is 12.7 Å². The lowest BCUT2D eigenvalue weighted by Crippen LogP contribution is -2.07. The van der Waals surface area contributed by atoms with Crippen LogP contribution >= 0.6 is 11.8 Å². The molecule has 0 aliphatic rings. The molecule has 0 spiro atoms. The lowest BCUT2D eigenvalue weighted by atomic mass is 10.1. The quantitative estimate of drug-likeness (QED) is 0.891. The first-order valence-corrected chi connectivity index (χ1v) is 6.68. The third kappa shape index (κ3) is 2.92. The van der Waals surface area contributed by atoms with Gasteiger partial charge in [-0.3, -0.25) is 0 Å². The van der Waals surface area contributed by atoms with E-state index in [1.54, 1.807) is 6.07 Å². The first kappa shape index (κ1) is 13.1. The maximum absolute atomic E-state index is 13.9. The highest BCUT2D eigenvalue weighted by molar-refractivity contribution is 7.99. The van der Waals surface area contributed by atoms with Gasteiger partial charge in [0.15, 0.2) is 0 Å². The Hall–Kier alpha value is -1.32. The summed E-state index contributed by atoms with van der Waals surface area (Å²) < 4.78 is 13.9. The van der Waals surface area contributed by atoms with Crippen molar-refractivity contribution in [1.82, 2.24) is 0 Å². The molecule has 0 bridgehead atoms. The second-order valence-electron chi connectivity index (χ2n) is 4.36. The van der Waals surface area contributed by atoms with Crippen molar-refractivity contribution in [3.05, 3.63) is 59.4 Å². The zero-order valence-corrected chi connectivity index (χ0v) is 11.3. The molecule has 2 N–H and O–H groups in total. The van der Waals surface area contributed by atoms with E-state index in [9.17, 15) is 4.39 Å². The highest BCUT2D eigenvalue weighted by Gasteiger charge is 2.12. The largest absolute Gasteiger partial charge is 0.324 e. The van der Waals surface area contributed by atoms with Crippen molar-refractivity contribution < 1.29 is 4.39 Å². The van der Waals surface area contributed by atoms with E-state index in [0.717, 1.165) is 10.5 Å². The average molecular weight is 261 g/mol. The van der Waals surface area contributed by atoms with E-state index < -0.39 is 0 Å². The molecular formula is C15H16FNS. The van der Waals surface area contributed by atoms with Crippen molar-refractivity contribution in [1.29, 1.82) is 0 Å². The van der Waals surface area contributed by atoms with Crippen LogP contribution in [0.25, 0.3) is 0 Å². The molecule has 18 heavy (non-hydrogen) atoms. The molecule has 2 rings (SSSR count). The second-order valence-corrected chi connectivity index (χ2v) is 5.45. The third-order valence-electron chi connectivity index (χ3n) is 2.73. The van der Waals surface area contributed by atoms with E-state index in [0.29, 0.717) is 4.90 Å². The Bertz CT molecular complexity index is 535. The van der Waals surface area contributed by atoms with Crippen molar-refractivity contribution in [2.75, 3.05) is 0 Å². The van der Waals surface area contributed by atoms with Gasteiger partial charge in [0.1, 0.15) is 5.82 Å². The summed E-state index contributed by atoms with van der Waals surface area (Å²) in [6.45, 7) is 3.90. The minimum absolute atomic E-state index is 0.173. The topological polar surface area (TPSA) is 26.0 Å². The maximum Gasteiger partial charge on any atom is 0.137 e. The van der Waals surface area contributed by atoms with Gasteiger partial charge in [0.2, 0.25) is 0 Å². The van der Waals surface area contributed by atoms with E-state index in [2.05, 4.69) is 0 Å². The Labute approximate surface area is 111 Å². The van der Waals surface area contributed by atoms with Crippen LogP contribution in [0.1, 0.15) is 24.1 Å². The first-order chi connectivity index (χ1) is 8.58. The standard InChI is InChI=1S/C15H16FNS/c1-10-6-8-12(9-7-10)18-15-13(11(2)17)4-3-5-14(15)16/h3-9,11H,17H2,1-2H3/t11-/m1/s1. The third-order valence-corrected chi connectivity index (χ3v) is 3.87. The van der Waals surface area contributed by atoms with E-state index >= 15 is 0 Å². The van der Waals surface area contributed by atoms with E-state index in [1.165, 1.54) is 23.4 Å². The summed E-state index contributed by atoms with van der Waals surface area (Å²) in [4.78, 5) is 1.64. The number of halogens is 1. The molecule has 0 radical (unpaired) electrons. The Balaban J connectivity index is 2.36. The van der Waals surface area contributed by atoms with Crippen molar-refractivity contribution >= 4 is 11.8 Å². The molecule has 1 atom stereocenters. The van der Waals surface area contributed by atoms with Crippen LogP contribution < -0.4 is 5.73 Å². The minimum Gasteiger partial charge on any atom is -0.324 e. The van der Waals surface area contributed by atoms with Gasteiger partial charge in [-0.2, -0.15) is 0 Å². The van der Waals surface area contributed by atoms with Gasteiger partial charge in [-0.25, -0.2) is 4.39 Å². The second kappa shape index (κ2) is 5.55. The maximum atomic E-state index is 13.9. The van der Waals surface area contributed by atoms with E-state index in [-0.39, 0.29) is 11.9 Å². The fraction of sp³-hybridized carbons (Fsp3) is 0.200. The van der Waals surface area contributed by atoms with Crippen LogP contribution in [0.5, 0.6) is 0 Å². The molecule has 0 saturated heterocycles. The number of hydrogen-bond acceptors (Lipinski definition) is 2. The van der Waals surface area contributed by atoms with Crippen molar-refractivity contribution in [3.63, 3.8) is 0 Å². The Morgan fingerprint density at radius 2 is 1.78 bits per heavy atom. The molecule has 2 aromatic carbocycles. The molecule has 0 heterocycles. The Morgan fingerprint density at radius 1 is 1.11 bits per heavy atom. The summed E-state index contributed by atoms with van der Waals surface area (Å²) in [6.07, 6.45) is 0. The fourth-order valence-corrected chi connectivity index (χ4v) is 2.76. The highest BCUT2D eigenvalue weighted by atomic mass is 32.2. The summed E-state index contributed by atoms with van der Waals surface area (Å²) in [5.74, 6) is -0.213. The Morgan fingerprint density at radius 3 is 2.39 bits per heavy atom. The molecule has 1 nitrogen and oxygen atoms in total. The highest BCUT2D eigenvalue weighted by Crippen LogP contribution is 2.34. The van der Waals surface area contributed by atoms with Crippen LogP contribution in [0.15, 0.2) is 52.3 Å². The predicted molar refractivity (Wildman–Crippen MR) is 74.3 cm³/mol. The van der Waals surface area contributed by atoms with E-state index in [1.807, 2.05) is 44.2 Å². The van der Waals surface area contributed by atoms with Crippen molar-refractivity contribution in [2.24, 2.45) is 5.73 Å². The van der Waals surface area contributed by atoms with Crippen LogP contribution in [0.3, 0.4) is 0 Å². The Kier molecular flexibility index (Phi) is 4.04. The molecule has 0 aliphatic carbocycles. The lowest BCUT2D eigenvalue weighted by Gasteiger charge is -2.13. The summed E-state index contributed by atoms with van der Waals surface area (Å²) >= 11 is 1.42.